The zero-order valence-corrected chi connectivity index (χ0v) is 23.6. The third-order valence-corrected chi connectivity index (χ3v) is 7.82. The molecule has 2 rings (SSSR count). The quantitative estimate of drug-likeness (QED) is 0.154. The molecule has 5 N–H and O–H groups in total. The maximum Gasteiger partial charge on any atom is 0.319 e. The molecule has 0 radical (unpaired) electrons. The second-order valence-electron chi connectivity index (χ2n) is 10.2. The van der Waals surface area contributed by atoms with Crippen LogP contribution in [0.3, 0.4) is 0 Å². The summed E-state index contributed by atoms with van der Waals surface area (Å²) in [5.41, 5.74) is 2.77. The van der Waals surface area contributed by atoms with Crippen LogP contribution in [0, 0.1) is 6.92 Å². The van der Waals surface area contributed by atoms with Gasteiger partial charge in [-0.1, -0.05) is 55.3 Å². The third-order valence-electron chi connectivity index (χ3n) is 5.94. The van der Waals surface area contributed by atoms with E-state index >= 15 is 0 Å². The fraction of sp³-hybridized carbons (Fsp3) is 0.444. The summed E-state index contributed by atoms with van der Waals surface area (Å²) < 4.78 is 30.1. The van der Waals surface area contributed by atoms with Crippen molar-refractivity contribution in [3.63, 3.8) is 0 Å². The largest absolute Gasteiger partial charge is 0.459 e. The van der Waals surface area contributed by atoms with Crippen LogP contribution < -0.4 is 21.9 Å². The number of hydrogen-bond acceptors (Lipinski definition) is 7. The summed E-state index contributed by atoms with van der Waals surface area (Å²) in [7, 11) is -4.10. The number of amides is 3. The fourth-order valence-corrected chi connectivity index (χ4v) is 5.87. The Morgan fingerprint density at radius 1 is 1.05 bits per heavy atom. The van der Waals surface area contributed by atoms with Crippen LogP contribution in [-0.2, 0) is 28.9 Å². The lowest BCUT2D eigenvalue weighted by atomic mass is 9.83. The van der Waals surface area contributed by atoms with Gasteiger partial charge in [-0.2, -0.15) is 0 Å². The minimum atomic E-state index is -4.10. The average molecular weight is 547 g/mol. The second-order valence-corrected chi connectivity index (χ2v) is 12.4. The highest BCUT2D eigenvalue weighted by Crippen LogP contribution is 2.40. The SMILES string of the molecule is CCC[C@](C(=O)NN)(c1ccc(C)cc1[C@H](CNC(=O)Nc1ccccc1)C(=O)OC(C)(C)C)S(C)(=O)=O. The van der Waals surface area contributed by atoms with Gasteiger partial charge in [0.05, 0.1) is 5.92 Å². The molecule has 0 aliphatic rings. The first-order chi connectivity index (χ1) is 17.7. The Labute approximate surface area is 224 Å². The maximum atomic E-state index is 13.5. The van der Waals surface area contributed by atoms with Crippen LogP contribution in [0.1, 0.15) is 63.1 Å². The van der Waals surface area contributed by atoms with E-state index in [1.165, 1.54) is 6.07 Å². The van der Waals surface area contributed by atoms with Crippen molar-refractivity contribution in [2.24, 2.45) is 5.84 Å². The van der Waals surface area contributed by atoms with Crippen LogP contribution in [0.4, 0.5) is 10.5 Å². The minimum Gasteiger partial charge on any atom is -0.459 e. The van der Waals surface area contributed by atoms with E-state index in [0.717, 1.165) is 11.8 Å². The molecule has 2 atom stereocenters. The Bertz CT molecular complexity index is 1260. The van der Waals surface area contributed by atoms with E-state index in [-0.39, 0.29) is 24.1 Å². The van der Waals surface area contributed by atoms with Crippen LogP contribution in [0.2, 0.25) is 0 Å². The van der Waals surface area contributed by atoms with Gasteiger partial charge >= 0.3 is 12.0 Å². The van der Waals surface area contributed by atoms with Gasteiger partial charge in [-0.3, -0.25) is 15.0 Å². The van der Waals surface area contributed by atoms with E-state index in [9.17, 15) is 22.8 Å². The zero-order valence-electron chi connectivity index (χ0n) is 22.8. The monoisotopic (exact) mass is 546 g/mol. The van der Waals surface area contributed by atoms with Gasteiger partial charge in [0.1, 0.15) is 5.60 Å². The van der Waals surface area contributed by atoms with Gasteiger partial charge < -0.3 is 15.4 Å². The molecule has 3 amide bonds. The van der Waals surface area contributed by atoms with Gasteiger partial charge in [0, 0.05) is 18.5 Å². The van der Waals surface area contributed by atoms with Crippen LogP contribution >= 0.6 is 0 Å². The normalized spacial score (nSPS) is 14.1. The number of carbonyl (C=O) groups excluding carboxylic acids is 3. The van der Waals surface area contributed by atoms with E-state index in [1.807, 2.05) is 11.5 Å². The Morgan fingerprint density at radius 2 is 1.68 bits per heavy atom. The average Bonchev–Trinajstić information content (AvgIpc) is 2.81. The first-order valence-electron chi connectivity index (χ1n) is 12.3. The first kappa shape index (κ1) is 30.8. The number of benzene rings is 2. The number of ether oxygens (including phenoxy) is 1. The summed E-state index contributed by atoms with van der Waals surface area (Å²) in [5, 5.41) is 5.37. The number of hydrazine groups is 1. The second kappa shape index (κ2) is 12.4. The molecule has 0 spiro atoms. The molecular weight excluding hydrogens is 508 g/mol. The van der Waals surface area contributed by atoms with E-state index in [0.29, 0.717) is 12.1 Å². The van der Waals surface area contributed by atoms with Crippen molar-refractivity contribution in [3.8, 4) is 0 Å². The molecule has 10 nitrogen and oxygen atoms in total. The highest BCUT2D eigenvalue weighted by atomic mass is 32.2. The molecule has 0 aliphatic carbocycles. The maximum absolute atomic E-state index is 13.5. The van der Waals surface area contributed by atoms with Gasteiger partial charge in [-0.25, -0.2) is 19.1 Å². The van der Waals surface area contributed by atoms with Gasteiger partial charge in [-0.05, 0) is 57.4 Å². The molecule has 38 heavy (non-hydrogen) atoms. The summed E-state index contributed by atoms with van der Waals surface area (Å²) in [4.78, 5) is 39.4. The fourth-order valence-electron chi connectivity index (χ4n) is 4.32. The van der Waals surface area contributed by atoms with Gasteiger partial charge in [0.15, 0.2) is 14.6 Å². The Morgan fingerprint density at radius 3 is 2.21 bits per heavy atom. The van der Waals surface area contributed by atoms with Crippen LogP contribution in [0.15, 0.2) is 48.5 Å². The van der Waals surface area contributed by atoms with Crippen molar-refractivity contribution < 1.29 is 27.5 Å². The highest BCUT2D eigenvalue weighted by Gasteiger charge is 2.51. The minimum absolute atomic E-state index is 0.0755. The Kier molecular flexibility index (Phi) is 10.0. The Balaban J connectivity index is 2.67. The number of carbonyl (C=O) groups is 3. The topological polar surface area (TPSA) is 157 Å². The lowest BCUT2D eigenvalue weighted by Crippen LogP contribution is -2.52. The van der Waals surface area contributed by atoms with E-state index in [4.69, 9.17) is 10.6 Å². The number of nitrogens with one attached hydrogen (secondary N) is 3. The Hall–Kier alpha value is -3.44. The summed E-state index contributed by atoms with van der Waals surface area (Å²) in [6, 6.07) is 13.0. The number of nitrogens with two attached hydrogens (primary N) is 1. The summed E-state index contributed by atoms with van der Waals surface area (Å²) in [6.07, 6.45) is 1.23. The van der Waals surface area contributed by atoms with Crippen molar-refractivity contribution in [3.05, 3.63) is 65.2 Å². The highest BCUT2D eigenvalue weighted by molar-refractivity contribution is 7.92. The van der Waals surface area contributed by atoms with Crippen LogP contribution in [-0.4, -0.2) is 44.7 Å². The molecular formula is C27H38N4O6S. The standard InChI is InChI=1S/C27H38N4O6S/c1-7-15-27(24(33)31-28,38(6,35)36)22-14-13-18(2)16-20(22)21(23(32)37-26(3,4)5)17-29-25(34)30-19-11-9-8-10-12-19/h8-14,16,21H,7,15,17,28H2,1-6H3,(H,31,33)(H2,29,30,34)/t21-,27+/m0/s1. The number of aryl methyl sites for hydroxylation is 1. The molecule has 0 aliphatic heterocycles. The summed E-state index contributed by atoms with van der Waals surface area (Å²) >= 11 is 0. The van der Waals surface area contributed by atoms with E-state index in [2.05, 4.69) is 10.6 Å². The van der Waals surface area contributed by atoms with Crippen molar-refractivity contribution >= 4 is 33.4 Å². The van der Waals surface area contributed by atoms with Crippen molar-refractivity contribution in [1.29, 1.82) is 0 Å². The predicted octanol–water partition coefficient (Wildman–Crippen LogP) is 3.27. The zero-order chi connectivity index (χ0) is 28.7. The lowest BCUT2D eigenvalue weighted by Gasteiger charge is -2.34. The molecule has 0 aromatic heterocycles. The number of esters is 1. The number of anilines is 1. The van der Waals surface area contributed by atoms with Crippen LogP contribution in [0.5, 0.6) is 0 Å². The first-order valence-corrected chi connectivity index (χ1v) is 14.2. The molecule has 0 bridgehead atoms. The molecule has 2 aromatic rings. The molecule has 0 fully saturated rings. The molecule has 0 saturated carbocycles. The van der Waals surface area contributed by atoms with E-state index in [1.54, 1.807) is 71.0 Å². The summed E-state index contributed by atoms with van der Waals surface area (Å²) in [5.74, 6) is 2.75. The molecule has 2 aromatic carbocycles. The van der Waals surface area contributed by atoms with Crippen LogP contribution in [0.25, 0.3) is 0 Å². The molecule has 208 valence electrons. The molecule has 11 heteroatoms. The number of urea groups is 1. The summed E-state index contributed by atoms with van der Waals surface area (Å²) in [6.45, 7) is 8.41. The number of rotatable bonds is 10. The number of hydrogen-bond donors (Lipinski definition) is 4. The molecule has 0 saturated heterocycles. The predicted molar refractivity (Wildman–Crippen MR) is 147 cm³/mol. The van der Waals surface area contributed by atoms with Gasteiger partial charge in [0.25, 0.3) is 5.91 Å². The van der Waals surface area contributed by atoms with Crippen molar-refractivity contribution in [1.82, 2.24) is 10.7 Å². The molecule has 0 heterocycles. The number of sulfone groups is 1. The van der Waals surface area contributed by atoms with Crippen molar-refractivity contribution in [2.75, 3.05) is 18.1 Å². The smallest absolute Gasteiger partial charge is 0.319 e. The van der Waals surface area contributed by atoms with E-state index < -0.39 is 44.0 Å². The van der Waals surface area contributed by atoms with Gasteiger partial charge in [0.2, 0.25) is 0 Å². The van der Waals surface area contributed by atoms with Gasteiger partial charge in [-0.15, -0.1) is 0 Å². The third kappa shape index (κ3) is 7.32. The molecule has 0 unspecified atom stereocenters. The number of para-hydroxylation sites is 1. The lowest BCUT2D eigenvalue weighted by molar-refractivity contribution is -0.156. The van der Waals surface area contributed by atoms with Crippen molar-refractivity contribution in [2.45, 2.75) is 63.7 Å².